The van der Waals surface area contributed by atoms with Gasteiger partial charge >= 0.3 is 0 Å². The fourth-order valence-corrected chi connectivity index (χ4v) is 1.89. The SMILES string of the molecule is CCCCC(=O)c1cc(Br)ccc1OCCC. The second-order valence-corrected chi connectivity index (χ2v) is 4.93. The number of unbranched alkanes of at least 4 members (excludes halogenated alkanes) is 1. The minimum absolute atomic E-state index is 0.166. The summed E-state index contributed by atoms with van der Waals surface area (Å²) in [7, 11) is 0. The molecule has 94 valence electrons. The highest BCUT2D eigenvalue weighted by Gasteiger charge is 2.12. The molecule has 17 heavy (non-hydrogen) atoms. The van der Waals surface area contributed by atoms with Gasteiger partial charge in [0.25, 0.3) is 0 Å². The maximum atomic E-state index is 12.0. The molecule has 0 saturated heterocycles. The summed E-state index contributed by atoms with van der Waals surface area (Å²) in [6, 6.07) is 5.61. The lowest BCUT2D eigenvalue weighted by atomic mass is 10.0. The monoisotopic (exact) mass is 298 g/mol. The van der Waals surface area contributed by atoms with Crippen molar-refractivity contribution in [3.8, 4) is 5.75 Å². The molecule has 0 spiro atoms. The molecule has 0 aliphatic heterocycles. The Morgan fingerprint density at radius 1 is 1.29 bits per heavy atom. The summed E-state index contributed by atoms with van der Waals surface area (Å²) in [5.41, 5.74) is 0.696. The molecular weight excluding hydrogens is 280 g/mol. The third-order valence-electron chi connectivity index (χ3n) is 2.46. The normalized spacial score (nSPS) is 10.3. The van der Waals surface area contributed by atoms with E-state index in [1.54, 1.807) is 0 Å². The van der Waals surface area contributed by atoms with Crippen LogP contribution in [0, 0.1) is 0 Å². The quantitative estimate of drug-likeness (QED) is 0.687. The maximum absolute atomic E-state index is 12.0. The molecule has 0 amide bonds. The van der Waals surface area contributed by atoms with E-state index in [9.17, 15) is 4.79 Å². The summed E-state index contributed by atoms with van der Waals surface area (Å²) in [5.74, 6) is 0.871. The van der Waals surface area contributed by atoms with E-state index >= 15 is 0 Å². The molecule has 1 aromatic rings. The van der Waals surface area contributed by atoms with Gasteiger partial charge in [0, 0.05) is 10.9 Å². The van der Waals surface area contributed by atoms with Gasteiger partial charge in [-0.15, -0.1) is 0 Å². The lowest BCUT2D eigenvalue weighted by Crippen LogP contribution is -2.05. The number of benzene rings is 1. The molecule has 0 unspecified atom stereocenters. The lowest BCUT2D eigenvalue weighted by molar-refractivity contribution is 0.0975. The van der Waals surface area contributed by atoms with E-state index in [1.807, 2.05) is 18.2 Å². The highest BCUT2D eigenvalue weighted by molar-refractivity contribution is 9.10. The molecule has 2 nitrogen and oxygen atoms in total. The predicted octanol–water partition coefficient (Wildman–Crippen LogP) is 4.61. The number of carbonyl (C=O) groups is 1. The average molecular weight is 299 g/mol. The van der Waals surface area contributed by atoms with E-state index in [0.717, 1.165) is 23.7 Å². The minimum Gasteiger partial charge on any atom is -0.493 e. The average Bonchev–Trinajstić information content (AvgIpc) is 2.34. The zero-order valence-electron chi connectivity index (χ0n) is 10.5. The van der Waals surface area contributed by atoms with Crippen molar-refractivity contribution in [1.82, 2.24) is 0 Å². The van der Waals surface area contributed by atoms with Gasteiger partial charge < -0.3 is 4.74 Å². The van der Waals surface area contributed by atoms with Gasteiger partial charge in [-0.1, -0.05) is 36.2 Å². The van der Waals surface area contributed by atoms with Crippen LogP contribution in [0.4, 0.5) is 0 Å². The number of ether oxygens (including phenoxy) is 1. The summed E-state index contributed by atoms with van der Waals surface area (Å²) in [5, 5.41) is 0. The third-order valence-corrected chi connectivity index (χ3v) is 2.95. The van der Waals surface area contributed by atoms with Crippen molar-refractivity contribution in [2.75, 3.05) is 6.61 Å². The molecule has 0 atom stereocenters. The Morgan fingerprint density at radius 2 is 2.06 bits per heavy atom. The lowest BCUT2D eigenvalue weighted by Gasteiger charge is -2.10. The van der Waals surface area contributed by atoms with Gasteiger partial charge in [0.05, 0.1) is 12.2 Å². The molecule has 0 radical (unpaired) electrons. The van der Waals surface area contributed by atoms with Crippen LogP contribution < -0.4 is 4.74 Å². The van der Waals surface area contributed by atoms with Crippen LogP contribution in [0.15, 0.2) is 22.7 Å². The first kappa shape index (κ1) is 14.2. The van der Waals surface area contributed by atoms with Crippen LogP contribution in [0.3, 0.4) is 0 Å². The number of Topliss-reactive ketones (excluding diaryl/α,β-unsaturated/α-hetero) is 1. The number of halogens is 1. The van der Waals surface area contributed by atoms with Crippen molar-refractivity contribution in [2.24, 2.45) is 0 Å². The molecule has 3 heteroatoms. The van der Waals surface area contributed by atoms with Crippen LogP contribution >= 0.6 is 15.9 Å². The van der Waals surface area contributed by atoms with Gasteiger partial charge in [-0.25, -0.2) is 0 Å². The molecule has 0 N–H and O–H groups in total. The van der Waals surface area contributed by atoms with E-state index in [4.69, 9.17) is 4.74 Å². The molecule has 1 aromatic carbocycles. The molecule has 0 aromatic heterocycles. The van der Waals surface area contributed by atoms with E-state index in [-0.39, 0.29) is 5.78 Å². The molecule has 0 bridgehead atoms. The molecule has 0 fully saturated rings. The first-order valence-electron chi connectivity index (χ1n) is 6.14. The topological polar surface area (TPSA) is 26.3 Å². The molecule has 1 rings (SSSR count). The Labute approximate surface area is 111 Å². The van der Waals surface area contributed by atoms with Crippen LogP contribution in [0.5, 0.6) is 5.75 Å². The fraction of sp³-hybridized carbons (Fsp3) is 0.500. The van der Waals surface area contributed by atoms with Crippen molar-refractivity contribution in [2.45, 2.75) is 39.5 Å². The van der Waals surface area contributed by atoms with Crippen LogP contribution in [0.25, 0.3) is 0 Å². The van der Waals surface area contributed by atoms with Gasteiger partial charge in [0.1, 0.15) is 5.75 Å². The van der Waals surface area contributed by atoms with Crippen molar-refractivity contribution in [3.05, 3.63) is 28.2 Å². The van der Waals surface area contributed by atoms with Crippen molar-refractivity contribution in [1.29, 1.82) is 0 Å². The minimum atomic E-state index is 0.166. The van der Waals surface area contributed by atoms with E-state index in [1.165, 1.54) is 0 Å². The summed E-state index contributed by atoms with van der Waals surface area (Å²) in [6.07, 6.45) is 3.50. The Morgan fingerprint density at radius 3 is 2.71 bits per heavy atom. The van der Waals surface area contributed by atoms with Gasteiger partial charge in [0.15, 0.2) is 5.78 Å². The fourth-order valence-electron chi connectivity index (χ4n) is 1.53. The number of rotatable bonds is 7. The van der Waals surface area contributed by atoms with Crippen LogP contribution in [0.2, 0.25) is 0 Å². The Kier molecular flexibility index (Phi) is 6.27. The maximum Gasteiger partial charge on any atom is 0.166 e. The standard InChI is InChI=1S/C14H19BrO2/c1-3-5-6-13(16)12-10-11(15)7-8-14(12)17-9-4-2/h7-8,10H,3-6,9H2,1-2H3. The first-order chi connectivity index (χ1) is 8.19. The van der Waals surface area contributed by atoms with E-state index in [0.29, 0.717) is 24.3 Å². The summed E-state index contributed by atoms with van der Waals surface area (Å²) in [6.45, 7) is 4.79. The molecular formula is C14H19BrO2. The highest BCUT2D eigenvalue weighted by atomic mass is 79.9. The number of hydrogen-bond donors (Lipinski definition) is 0. The first-order valence-corrected chi connectivity index (χ1v) is 6.93. The zero-order chi connectivity index (χ0) is 12.7. The molecule has 0 saturated carbocycles. The van der Waals surface area contributed by atoms with Crippen molar-refractivity contribution >= 4 is 21.7 Å². The second kappa shape index (κ2) is 7.49. The van der Waals surface area contributed by atoms with Crippen LogP contribution in [-0.2, 0) is 0 Å². The largest absolute Gasteiger partial charge is 0.493 e. The predicted molar refractivity (Wildman–Crippen MR) is 73.8 cm³/mol. The Bertz CT molecular complexity index is 374. The van der Waals surface area contributed by atoms with Gasteiger partial charge in [-0.3, -0.25) is 4.79 Å². The van der Waals surface area contributed by atoms with Crippen LogP contribution in [0.1, 0.15) is 49.9 Å². The van der Waals surface area contributed by atoms with E-state index < -0.39 is 0 Å². The zero-order valence-corrected chi connectivity index (χ0v) is 12.0. The van der Waals surface area contributed by atoms with Crippen molar-refractivity contribution < 1.29 is 9.53 Å². The highest BCUT2D eigenvalue weighted by Crippen LogP contribution is 2.25. The number of hydrogen-bond acceptors (Lipinski definition) is 2. The van der Waals surface area contributed by atoms with Gasteiger partial charge in [0.2, 0.25) is 0 Å². The molecule has 0 aliphatic carbocycles. The number of carbonyl (C=O) groups excluding carboxylic acids is 1. The van der Waals surface area contributed by atoms with E-state index in [2.05, 4.69) is 29.8 Å². The number of ketones is 1. The van der Waals surface area contributed by atoms with Gasteiger partial charge in [-0.2, -0.15) is 0 Å². The summed E-state index contributed by atoms with van der Waals surface area (Å²) in [4.78, 5) is 12.0. The van der Waals surface area contributed by atoms with Gasteiger partial charge in [-0.05, 0) is 31.0 Å². The summed E-state index contributed by atoms with van der Waals surface area (Å²) >= 11 is 3.39. The summed E-state index contributed by atoms with van der Waals surface area (Å²) < 4.78 is 6.52. The third kappa shape index (κ3) is 4.50. The van der Waals surface area contributed by atoms with Crippen molar-refractivity contribution in [3.63, 3.8) is 0 Å². The molecule has 0 heterocycles. The Balaban J connectivity index is 2.85. The molecule has 0 aliphatic rings. The van der Waals surface area contributed by atoms with Crippen LogP contribution in [-0.4, -0.2) is 12.4 Å². The smallest absolute Gasteiger partial charge is 0.166 e. The Hall–Kier alpha value is -0.830. The second-order valence-electron chi connectivity index (χ2n) is 4.02.